The van der Waals surface area contributed by atoms with Crippen molar-refractivity contribution in [1.82, 2.24) is 5.32 Å². The summed E-state index contributed by atoms with van der Waals surface area (Å²) in [5.74, 6) is -0.848. The molecule has 23 heavy (non-hydrogen) atoms. The molecule has 0 heterocycles. The molecule has 3 rings (SSSR count). The molecule has 1 fully saturated rings. The third-order valence-corrected chi connectivity index (χ3v) is 4.21. The second kappa shape index (κ2) is 6.65. The maximum Gasteiger partial charge on any atom is 0.307 e. The van der Waals surface area contributed by atoms with Crippen LogP contribution in [0, 0.1) is 5.92 Å². The van der Waals surface area contributed by atoms with Crippen molar-refractivity contribution in [3.8, 4) is 0 Å². The van der Waals surface area contributed by atoms with E-state index in [-0.39, 0.29) is 17.7 Å². The fourth-order valence-corrected chi connectivity index (χ4v) is 2.76. The first-order valence-corrected chi connectivity index (χ1v) is 7.76. The van der Waals surface area contributed by atoms with Gasteiger partial charge in [-0.25, -0.2) is 0 Å². The molecule has 4 heteroatoms. The predicted molar refractivity (Wildman–Crippen MR) is 86.9 cm³/mol. The zero-order chi connectivity index (χ0) is 16.2. The highest BCUT2D eigenvalue weighted by atomic mass is 16.4. The number of carboxylic acids is 1. The summed E-state index contributed by atoms with van der Waals surface area (Å²) in [6, 6.07) is 17.5. The van der Waals surface area contributed by atoms with E-state index in [0.29, 0.717) is 19.4 Å². The zero-order valence-corrected chi connectivity index (χ0v) is 12.7. The van der Waals surface area contributed by atoms with E-state index in [1.54, 1.807) is 0 Å². The molecule has 4 nitrogen and oxygen atoms in total. The summed E-state index contributed by atoms with van der Waals surface area (Å²) >= 11 is 0. The van der Waals surface area contributed by atoms with Crippen LogP contribution < -0.4 is 5.32 Å². The van der Waals surface area contributed by atoms with Crippen molar-refractivity contribution in [3.05, 3.63) is 71.3 Å². The molecule has 1 saturated carbocycles. The van der Waals surface area contributed by atoms with Crippen LogP contribution in [0.5, 0.6) is 0 Å². The van der Waals surface area contributed by atoms with Gasteiger partial charge in [-0.3, -0.25) is 9.59 Å². The lowest BCUT2D eigenvalue weighted by molar-refractivity contribution is -0.138. The Hall–Kier alpha value is -2.62. The minimum Gasteiger partial charge on any atom is -0.481 e. The highest BCUT2D eigenvalue weighted by molar-refractivity contribution is 5.78. The monoisotopic (exact) mass is 309 g/mol. The van der Waals surface area contributed by atoms with Gasteiger partial charge in [-0.2, -0.15) is 0 Å². The summed E-state index contributed by atoms with van der Waals surface area (Å²) in [5, 5.41) is 11.9. The van der Waals surface area contributed by atoms with E-state index in [1.165, 1.54) is 0 Å². The van der Waals surface area contributed by atoms with Crippen LogP contribution in [0.25, 0.3) is 0 Å². The van der Waals surface area contributed by atoms with Gasteiger partial charge in [-0.15, -0.1) is 0 Å². The van der Waals surface area contributed by atoms with Crippen LogP contribution in [0.3, 0.4) is 0 Å². The fourth-order valence-electron chi connectivity index (χ4n) is 2.76. The Labute approximate surface area is 135 Å². The normalized spacial score (nSPS) is 19.1. The largest absolute Gasteiger partial charge is 0.481 e. The standard InChI is InChI=1S/C19H19NO3/c21-18(20-12-14-4-2-1-3-5-14)10-13-6-8-15(9-7-13)16-11-17(16)19(22)23/h1-9,16-17H,10-12H2,(H,20,21)(H,22,23)/t16-,17?/m0/s1. The molecule has 1 aliphatic carbocycles. The third-order valence-electron chi connectivity index (χ3n) is 4.21. The Morgan fingerprint density at radius 3 is 2.30 bits per heavy atom. The van der Waals surface area contributed by atoms with E-state index in [9.17, 15) is 9.59 Å². The van der Waals surface area contributed by atoms with Crippen LogP contribution in [-0.2, 0) is 22.6 Å². The van der Waals surface area contributed by atoms with Crippen molar-refractivity contribution >= 4 is 11.9 Å². The van der Waals surface area contributed by atoms with Crippen molar-refractivity contribution in [2.75, 3.05) is 0 Å². The van der Waals surface area contributed by atoms with Crippen molar-refractivity contribution in [3.63, 3.8) is 0 Å². The molecule has 0 radical (unpaired) electrons. The molecule has 0 bridgehead atoms. The number of nitrogens with one attached hydrogen (secondary N) is 1. The first-order chi connectivity index (χ1) is 11.1. The lowest BCUT2D eigenvalue weighted by atomic mass is 10.0. The molecule has 0 spiro atoms. The molecule has 2 atom stereocenters. The van der Waals surface area contributed by atoms with Gasteiger partial charge in [0.25, 0.3) is 0 Å². The maximum absolute atomic E-state index is 12.0. The third kappa shape index (κ3) is 3.97. The Bertz CT molecular complexity index is 694. The Morgan fingerprint density at radius 2 is 1.70 bits per heavy atom. The summed E-state index contributed by atoms with van der Waals surface area (Å²) in [5.41, 5.74) is 3.06. The van der Waals surface area contributed by atoms with Gasteiger partial charge in [0.15, 0.2) is 0 Å². The van der Waals surface area contributed by atoms with Gasteiger partial charge in [0.05, 0.1) is 12.3 Å². The first kappa shape index (κ1) is 15.3. The number of carbonyl (C=O) groups is 2. The number of benzene rings is 2. The molecule has 0 aromatic heterocycles. The lowest BCUT2D eigenvalue weighted by Gasteiger charge is -2.06. The molecule has 1 unspecified atom stereocenters. The van der Waals surface area contributed by atoms with Gasteiger partial charge in [-0.1, -0.05) is 54.6 Å². The molecular formula is C19H19NO3. The first-order valence-electron chi connectivity index (χ1n) is 7.76. The van der Waals surface area contributed by atoms with Crippen LogP contribution in [0.2, 0.25) is 0 Å². The van der Waals surface area contributed by atoms with E-state index < -0.39 is 5.97 Å². The van der Waals surface area contributed by atoms with Crippen molar-refractivity contribution in [2.45, 2.75) is 25.3 Å². The smallest absolute Gasteiger partial charge is 0.307 e. The number of carbonyl (C=O) groups excluding carboxylic acids is 1. The Kier molecular flexibility index (Phi) is 4.42. The van der Waals surface area contributed by atoms with Crippen LogP contribution >= 0.6 is 0 Å². The zero-order valence-electron chi connectivity index (χ0n) is 12.7. The van der Waals surface area contributed by atoms with E-state index >= 15 is 0 Å². The average Bonchev–Trinajstić information content (AvgIpc) is 3.36. The molecule has 2 aromatic carbocycles. The van der Waals surface area contributed by atoms with Crippen LogP contribution in [0.1, 0.15) is 29.0 Å². The number of carboxylic acid groups (broad SMARTS) is 1. The number of rotatable bonds is 6. The summed E-state index contributed by atoms with van der Waals surface area (Å²) in [4.78, 5) is 22.9. The van der Waals surface area contributed by atoms with Gasteiger partial charge in [-0.05, 0) is 29.0 Å². The van der Waals surface area contributed by atoms with Crippen molar-refractivity contribution in [1.29, 1.82) is 0 Å². The lowest BCUT2D eigenvalue weighted by Crippen LogP contribution is -2.24. The van der Waals surface area contributed by atoms with Crippen molar-refractivity contribution < 1.29 is 14.7 Å². The molecule has 1 amide bonds. The van der Waals surface area contributed by atoms with E-state index in [2.05, 4.69) is 5.32 Å². The highest BCUT2D eigenvalue weighted by Gasteiger charge is 2.43. The van der Waals surface area contributed by atoms with E-state index in [0.717, 1.165) is 16.7 Å². The van der Waals surface area contributed by atoms with Gasteiger partial charge in [0, 0.05) is 6.54 Å². The second-order valence-electron chi connectivity index (χ2n) is 5.97. The number of amides is 1. The minimum atomic E-state index is -0.723. The quantitative estimate of drug-likeness (QED) is 0.862. The number of hydrogen-bond acceptors (Lipinski definition) is 2. The van der Waals surface area contributed by atoms with Gasteiger partial charge in [0.2, 0.25) is 5.91 Å². The topological polar surface area (TPSA) is 66.4 Å². The summed E-state index contributed by atoms with van der Waals surface area (Å²) in [7, 11) is 0. The van der Waals surface area contributed by atoms with Crippen LogP contribution in [-0.4, -0.2) is 17.0 Å². The molecular weight excluding hydrogens is 290 g/mol. The second-order valence-corrected chi connectivity index (χ2v) is 5.97. The number of hydrogen-bond donors (Lipinski definition) is 2. The van der Waals surface area contributed by atoms with E-state index in [4.69, 9.17) is 5.11 Å². The highest BCUT2D eigenvalue weighted by Crippen LogP contribution is 2.47. The fraction of sp³-hybridized carbons (Fsp3) is 0.263. The van der Waals surface area contributed by atoms with Gasteiger partial charge in [0.1, 0.15) is 0 Å². The molecule has 2 N–H and O–H groups in total. The summed E-state index contributed by atoms with van der Waals surface area (Å²) in [6.45, 7) is 0.528. The van der Waals surface area contributed by atoms with E-state index in [1.807, 2.05) is 54.6 Å². The summed E-state index contributed by atoms with van der Waals surface area (Å²) in [6.07, 6.45) is 1.05. The number of aliphatic carboxylic acids is 1. The Balaban J connectivity index is 1.50. The molecule has 1 aliphatic rings. The molecule has 0 aliphatic heterocycles. The molecule has 118 valence electrons. The maximum atomic E-state index is 12.0. The van der Waals surface area contributed by atoms with Gasteiger partial charge < -0.3 is 10.4 Å². The summed E-state index contributed by atoms with van der Waals surface area (Å²) < 4.78 is 0. The minimum absolute atomic E-state index is 0.0172. The Morgan fingerprint density at radius 1 is 1.00 bits per heavy atom. The molecule has 0 saturated heterocycles. The SMILES string of the molecule is O=C(Cc1ccc([C@@H]2CC2C(=O)O)cc1)NCc1ccccc1. The van der Waals surface area contributed by atoms with Crippen LogP contribution in [0.4, 0.5) is 0 Å². The van der Waals surface area contributed by atoms with Gasteiger partial charge >= 0.3 is 5.97 Å². The molecule has 2 aromatic rings. The predicted octanol–water partition coefficient (Wildman–Crippen LogP) is 2.73. The van der Waals surface area contributed by atoms with Crippen LogP contribution in [0.15, 0.2) is 54.6 Å². The van der Waals surface area contributed by atoms with Crippen molar-refractivity contribution in [2.24, 2.45) is 5.92 Å². The average molecular weight is 309 g/mol.